The molecule has 8 nitrogen and oxygen atoms in total. The zero-order valence-corrected chi connectivity index (χ0v) is 29.7. The number of rotatable bonds is 7. The van der Waals surface area contributed by atoms with Gasteiger partial charge in [0.05, 0.1) is 35.9 Å². The fourth-order valence-corrected chi connectivity index (χ4v) is 6.03. The lowest BCUT2D eigenvalue weighted by atomic mass is 9.95. The third-order valence-corrected chi connectivity index (χ3v) is 8.75. The molecule has 0 fully saturated rings. The Kier molecular flexibility index (Phi) is 11.0. The molecule has 0 saturated carbocycles. The van der Waals surface area contributed by atoms with Crippen molar-refractivity contribution in [1.82, 2.24) is 29.5 Å². The first-order valence-electron chi connectivity index (χ1n) is 14.6. The highest BCUT2D eigenvalue weighted by Crippen LogP contribution is 2.38. The number of carbonyl (C=O) groups is 1. The van der Waals surface area contributed by atoms with Crippen LogP contribution in [0.5, 0.6) is 0 Å². The average Bonchev–Trinajstić information content (AvgIpc) is 3.54. The highest BCUT2D eigenvalue weighted by atomic mass is 35.5. The Labute approximate surface area is 298 Å². The Hall–Kier alpha value is -4.47. The molecule has 0 spiro atoms. The maximum Gasteiger partial charge on any atom is 0.198 e. The van der Waals surface area contributed by atoms with Crippen LogP contribution >= 0.6 is 46.4 Å². The summed E-state index contributed by atoms with van der Waals surface area (Å²) in [5, 5.41) is 11.0. The van der Waals surface area contributed by atoms with Crippen LogP contribution in [0.25, 0.3) is 28.3 Å². The molecule has 0 unspecified atom stereocenters. The van der Waals surface area contributed by atoms with Crippen molar-refractivity contribution in [3.8, 4) is 22.8 Å². The lowest BCUT2D eigenvalue weighted by Crippen LogP contribution is -2.05. The number of carbonyl (C=O) groups excluding carboxylic acids is 1. The van der Waals surface area contributed by atoms with Crippen LogP contribution in [0.1, 0.15) is 38.2 Å². The average molecular weight is 720 g/mol. The van der Waals surface area contributed by atoms with Gasteiger partial charge in [-0.2, -0.15) is 10.2 Å². The van der Waals surface area contributed by atoms with E-state index in [1.807, 2.05) is 56.3 Å². The lowest BCUT2D eigenvalue weighted by molar-refractivity contribution is 0.103. The summed E-state index contributed by atoms with van der Waals surface area (Å²) in [7, 11) is 5.10. The van der Waals surface area contributed by atoms with Crippen molar-refractivity contribution in [2.75, 3.05) is 7.11 Å². The number of ether oxygens (including phenoxy) is 1. The van der Waals surface area contributed by atoms with Gasteiger partial charge in [0, 0.05) is 47.7 Å². The second-order valence-corrected chi connectivity index (χ2v) is 12.3. The standard InChI is InChI=1S/C19H17Cl2N3O.C17H13Cl2N3O/c1-12-10-13(20)7-8-14(12)15(11-25-3)17-18(23-24(2)19(17)21)16-6-4-5-9-22-16;1-10-9-11(18)6-7-12(10)16(23)14-15(21-22(2)17(14)19)13-5-3-4-8-20-13/h4-11H,1-3H3;3-9H,1-2H3. The van der Waals surface area contributed by atoms with E-state index in [1.54, 1.807) is 74.9 Å². The Bertz CT molecular complexity index is 2130. The number of nitrogens with zero attached hydrogens (tertiary/aromatic N) is 6. The molecular weight excluding hydrogens is 690 g/mol. The second-order valence-electron chi connectivity index (χ2n) is 10.7. The first-order valence-corrected chi connectivity index (χ1v) is 16.1. The van der Waals surface area contributed by atoms with Crippen LogP contribution in [0.2, 0.25) is 20.4 Å². The number of aryl methyl sites for hydroxylation is 4. The van der Waals surface area contributed by atoms with Crippen LogP contribution in [0.15, 0.2) is 91.5 Å². The molecule has 0 aliphatic rings. The van der Waals surface area contributed by atoms with Gasteiger partial charge in [0.1, 0.15) is 21.7 Å². The van der Waals surface area contributed by atoms with Gasteiger partial charge < -0.3 is 4.74 Å². The third-order valence-electron chi connectivity index (χ3n) is 7.41. The molecule has 244 valence electrons. The maximum atomic E-state index is 13.0. The first-order chi connectivity index (χ1) is 23.0. The van der Waals surface area contributed by atoms with Gasteiger partial charge in [0.15, 0.2) is 5.78 Å². The number of aromatic nitrogens is 6. The van der Waals surface area contributed by atoms with Crippen LogP contribution < -0.4 is 0 Å². The smallest absolute Gasteiger partial charge is 0.198 e. The van der Waals surface area contributed by atoms with E-state index in [-0.39, 0.29) is 10.9 Å². The maximum absolute atomic E-state index is 13.0. The van der Waals surface area contributed by atoms with E-state index in [1.165, 1.54) is 4.68 Å². The summed E-state index contributed by atoms with van der Waals surface area (Å²) in [5.74, 6) is -0.196. The summed E-state index contributed by atoms with van der Waals surface area (Å²) in [5.41, 5.74) is 7.78. The molecule has 6 rings (SSSR count). The molecule has 0 aliphatic heterocycles. The summed E-state index contributed by atoms with van der Waals surface area (Å²) in [6, 6.07) is 22.0. The summed E-state index contributed by atoms with van der Waals surface area (Å²) in [4.78, 5) is 21.7. The molecule has 12 heteroatoms. The van der Waals surface area contributed by atoms with E-state index in [9.17, 15) is 4.79 Å². The Balaban J connectivity index is 0.000000188. The van der Waals surface area contributed by atoms with Crippen molar-refractivity contribution in [3.63, 3.8) is 0 Å². The Morgan fingerprint density at radius 1 is 0.688 bits per heavy atom. The van der Waals surface area contributed by atoms with E-state index < -0.39 is 0 Å². The van der Waals surface area contributed by atoms with Crippen molar-refractivity contribution in [3.05, 3.63) is 145 Å². The van der Waals surface area contributed by atoms with E-state index >= 15 is 0 Å². The van der Waals surface area contributed by atoms with E-state index in [4.69, 9.17) is 51.1 Å². The summed E-state index contributed by atoms with van der Waals surface area (Å²) < 4.78 is 8.45. The number of benzene rings is 2. The van der Waals surface area contributed by atoms with Crippen molar-refractivity contribution in [2.24, 2.45) is 14.1 Å². The number of methoxy groups -OCH3 is 1. The van der Waals surface area contributed by atoms with Gasteiger partial charge in [-0.3, -0.25) is 24.1 Å². The van der Waals surface area contributed by atoms with Gasteiger partial charge in [-0.15, -0.1) is 0 Å². The summed E-state index contributed by atoms with van der Waals surface area (Å²) in [6.45, 7) is 3.83. The third kappa shape index (κ3) is 7.32. The molecule has 0 saturated heterocycles. The highest BCUT2D eigenvalue weighted by Gasteiger charge is 2.26. The van der Waals surface area contributed by atoms with Crippen molar-refractivity contribution >= 4 is 57.8 Å². The number of hydrogen-bond acceptors (Lipinski definition) is 6. The zero-order chi connectivity index (χ0) is 34.5. The monoisotopic (exact) mass is 718 g/mol. The van der Waals surface area contributed by atoms with Gasteiger partial charge in [-0.25, -0.2) is 0 Å². The molecule has 0 bridgehead atoms. The van der Waals surface area contributed by atoms with Crippen molar-refractivity contribution < 1.29 is 9.53 Å². The topological polar surface area (TPSA) is 87.7 Å². The van der Waals surface area contributed by atoms with Crippen molar-refractivity contribution in [1.29, 1.82) is 0 Å². The zero-order valence-electron chi connectivity index (χ0n) is 26.7. The predicted octanol–water partition coefficient (Wildman–Crippen LogP) is 9.46. The minimum atomic E-state index is -0.196. The van der Waals surface area contributed by atoms with Crippen LogP contribution in [-0.4, -0.2) is 42.4 Å². The lowest BCUT2D eigenvalue weighted by Gasteiger charge is -2.12. The minimum absolute atomic E-state index is 0.196. The number of ketones is 1. The van der Waals surface area contributed by atoms with Gasteiger partial charge in [-0.05, 0) is 85.1 Å². The molecule has 0 radical (unpaired) electrons. The molecule has 0 N–H and O–H groups in total. The van der Waals surface area contributed by atoms with Crippen LogP contribution in [-0.2, 0) is 18.8 Å². The predicted molar refractivity (Wildman–Crippen MR) is 193 cm³/mol. The molecule has 2 aromatic carbocycles. The second kappa shape index (κ2) is 15.2. The van der Waals surface area contributed by atoms with Crippen LogP contribution in [0, 0.1) is 13.8 Å². The molecule has 6 aromatic rings. The van der Waals surface area contributed by atoms with Crippen LogP contribution in [0.4, 0.5) is 0 Å². The molecule has 0 atom stereocenters. The Morgan fingerprint density at radius 3 is 1.62 bits per heavy atom. The van der Waals surface area contributed by atoms with E-state index in [2.05, 4.69) is 20.2 Å². The van der Waals surface area contributed by atoms with E-state index in [0.29, 0.717) is 43.4 Å². The number of halogens is 4. The number of pyridine rings is 2. The summed E-state index contributed by atoms with van der Waals surface area (Å²) >= 11 is 25.0. The largest absolute Gasteiger partial charge is 0.504 e. The molecule has 0 aliphatic carbocycles. The van der Waals surface area contributed by atoms with Gasteiger partial charge >= 0.3 is 0 Å². The van der Waals surface area contributed by atoms with Gasteiger partial charge in [-0.1, -0.05) is 64.6 Å². The normalized spacial score (nSPS) is 11.2. The van der Waals surface area contributed by atoms with Crippen LogP contribution in [0.3, 0.4) is 0 Å². The number of hydrogen-bond donors (Lipinski definition) is 0. The molecule has 4 aromatic heterocycles. The molecule has 4 heterocycles. The fourth-order valence-electron chi connectivity index (χ4n) is 5.13. The molecular formula is C36H30Cl4N6O2. The molecule has 0 amide bonds. The van der Waals surface area contributed by atoms with Gasteiger partial charge in [0.25, 0.3) is 0 Å². The summed E-state index contributed by atoms with van der Waals surface area (Å²) in [6.07, 6.45) is 5.06. The van der Waals surface area contributed by atoms with Crippen molar-refractivity contribution in [2.45, 2.75) is 13.8 Å². The quantitative estimate of drug-likeness (QED) is 0.121. The SMILES string of the molecule is COC=C(c1ccc(Cl)cc1C)c1c(-c2ccccn2)nn(C)c1Cl.Cc1cc(Cl)ccc1C(=O)c1c(-c2ccccn2)nn(C)c1Cl. The Morgan fingerprint density at radius 2 is 1.17 bits per heavy atom. The fraction of sp³-hybridized carbons (Fsp3) is 0.139. The van der Waals surface area contributed by atoms with Gasteiger partial charge in [0.2, 0.25) is 0 Å². The minimum Gasteiger partial charge on any atom is -0.504 e. The van der Waals surface area contributed by atoms with E-state index in [0.717, 1.165) is 33.5 Å². The first kappa shape index (κ1) is 34.9. The molecule has 48 heavy (non-hydrogen) atoms. The highest BCUT2D eigenvalue weighted by molar-refractivity contribution is 6.35.